The number of carbonyl (C=O) groups excluding carboxylic acids is 2. The number of anilines is 2. The molecule has 156 valence electrons. The minimum Gasteiger partial charge on any atom is -0.326 e. The lowest BCUT2D eigenvalue weighted by Gasteiger charge is -2.15. The molecule has 0 fully saturated rings. The Morgan fingerprint density at radius 3 is 2.17 bits per heavy atom. The Balaban J connectivity index is 1.99. The zero-order valence-corrected chi connectivity index (χ0v) is 15.8. The van der Waals surface area contributed by atoms with Gasteiger partial charge in [-0.3, -0.25) is 9.59 Å². The Morgan fingerprint density at radius 1 is 1.00 bits per heavy atom. The molecule has 0 saturated carbocycles. The first-order chi connectivity index (χ1) is 14.1. The second kappa shape index (κ2) is 7.97. The van der Waals surface area contributed by atoms with E-state index in [1.54, 1.807) is 19.1 Å². The number of hydrogen-bond acceptors (Lipinski definition) is 3. The largest absolute Gasteiger partial charge is 0.434 e. The summed E-state index contributed by atoms with van der Waals surface area (Å²) in [6.07, 6.45) is -4.10. The number of carbonyl (C=O) groups is 2. The van der Waals surface area contributed by atoms with Crippen LogP contribution < -0.4 is 10.6 Å². The average molecular weight is 420 g/mol. The van der Waals surface area contributed by atoms with Crippen LogP contribution in [0.15, 0.2) is 48.7 Å². The molecular formula is C20H16F4N4O2. The lowest BCUT2D eigenvalue weighted by molar-refractivity contribution is -0.143. The first-order valence-electron chi connectivity index (χ1n) is 8.67. The highest BCUT2D eigenvalue weighted by Crippen LogP contribution is 2.34. The minimum atomic E-state index is -4.90. The van der Waals surface area contributed by atoms with Crippen LogP contribution in [0.5, 0.6) is 0 Å². The maximum atomic E-state index is 13.7. The maximum Gasteiger partial charge on any atom is 0.434 e. The first-order valence-corrected chi connectivity index (χ1v) is 8.67. The number of nitrogens with zero attached hydrogens (tertiary/aromatic N) is 2. The number of rotatable bonds is 4. The summed E-state index contributed by atoms with van der Waals surface area (Å²) >= 11 is 0. The molecule has 1 aromatic heterocycles. The van der Waals surface area contributed by atoms with Gasteiger partial charge >= 0.3 is 6.18 Å². The minimum absolute atomic E-state index is 0.0494. The first kappa shape index (κ1) is 21.0. The van der Waals surface area contributed by atoms with Gasteiger partial charge in [0, 0.05) is 18.3 Å². The van der Waals surface area contributed by atoms with Crippen LogP contribution in [0.1, 0.15) is 28.5 Å². The number of nitrogens with one attached hydrogen (secondary N) is 2. The van der Waals surface area contributed by atoms with Crippen molar-refractivity contribution in [1.29, 1.82) is 0 Å². The molecule has 2 amide bonds. The van der Waals surface area contributed by atoms with Gasteiger partial charge in [0.1, 0.15) is 5.82 Å². The van der Waals surface area contributed by atoms with Gasteiger partial charge in [0.25, 0.3) is 5.91 Å². The third kappa shape index (κ3) is 4.32. The van der Waals surface area contributed by atoms with E-state index in [1.807, 2.05) is 0 Å². The third-order valence-corrected chi connectivity index (χ3v) is 4.25. The molecule has 0 bridgehead atoms. The molecule has 1 heterocycles. The van der Waals surface area contributed by atoms with Gasteiger partial charge in [0.2, 0.25) is 5.91 Å². The maximum absolute atomic E-state index is 13.7. The second-order valence-electron chi connectivity index (χ2n) is 6.41. The van der Waals surface area contributed by atoms with Crippen molar-refractivity contribution < 1.29 is 27.2 Å². The van der Waals surface area contributed by atoms with E-state index in [4.69, 9.17) is 0 Å². The van der Waals surface area contributed by atoms with Crippen molar-refractivity contribution in [2.75, 3.05) is 10.6 Å². The summed E-state index contributed by atoms with van der Waals surface area (Å²) in [4.78, 5) is 23.9. The Labute approximate surface area is 168 Å². The van der Waals surface area contributed by atoms with Gasteiger partial charge in [-0.1, -0.05) is 6.07 Å². The monoisotopic (exact) mass is 420 g/mol. The van der Waals surface area contributed by atoms with Crippen molar-refractivity contribution in [3.05, 3.63) is 71.3 Å². The van der Waals surface area contributed by atoms with Crippen LogP contribution in [0.25, 0.3) is 5.69 Å². The van der Waals surface area contributed by atoms with Crippen molar-refractivity contribution in [1.82, 2.24) is 9.78 Å². The molecule has 0 aliphatic carbocycles. The fourth-order valence-electron chi connectivity index (χ4n) is 2.85. The van der Waals surface area contributed by atoms with Gasteiger partial charge in [-0.15, -0.1) is 0 Å². The van der Waals surface area contributed by atoms with Crippen molar-refractivity contribution >= 4 is 23.2 Å². The molecule has 3 aromatic rings. The Morgan fingerprint density at radius 2 is 1.60 bits per heavy atom. The zero-order chi connectivity index (χ0) is 22.1. The lowest BCUT2D eigenvalue weighted by atomic mass is 10.1. The molecule has 0 aliphatic rings. The van der Waals surface area contributed by atoms with E-state index in [-0.39, 0.29) is 17.3 Å². The fraction of sp³-hybridized carbons (Fsp3) is 0.150. The lowest BCUT2D eigenvalue weighted by Crippen LogP contribution is -2.21. The molecule has 2 aromatic carbocycles. The summed E-state index contributed by atoms with van der Waals surface area (Å²) in [6.45, 7) is 2.91. The number of amides is 2. The van der Waals surface area contributed by atoms with Crippen molar-refractivity contribution in [2.24, 2.45) is 0 Å². The van der Waals surface area contributed by atoms with Gasteiger partial charge < -0.3 is 10.6 Å². The van der Waals surface area contributed by atoms with E-state index >= 15 is 0 Å². The van der Waals surface area contributed by atoms with Gasteiger partial charge in [-0.05, 0) is 48.9 Å². The average Bonchev–Trinajstić information content (AvgIpc) is 3.11. The molecule has 0 atom stereocenters. The molecule has 0 unspecified atom stereocenters. The quantitative estimate of drug-likeness (QED) is 0.608. The molecule has 6 nitrogen and oxygen atoms in total. The van der Waals surface area contributed by atoms with E-state index in [1.165, 1.54) is 13.0 Å². The summed E-state index contributed by atoms with van der Waals surface area (Å²) in [5, 5.41) is 8.68. The highest BCUT2D eigenvalue weighted by atomic mass is 19.4. The van der Waals surface area contributed by atoms with E-state index in [0.29, 0.717) is 15.9 Å². The van der Waals surface area contributed by atoms with Gasteiger partial charge in [-0.2, -0.15) is 18.3 Å². The summed E-state index contributed by atoms with van der Waals surface area (Å²) in [5.41, 5.74) is -0.919. The van der Waals surface area contributed by atoms with Crippen LogP contribution in [0, 0.1) is 12.7 Å². The number of benzene rings is 2. The summed E-state index contributed by atoms with van der Waals surface area (Å²) < 4.78 is 54.8. The molecule has 10 heteroatoms. The predicted octanol–water partition coefficient (Wildman–Crippen LogP) is 4.55. The highest BCUT2D eigenvalue weighted by Gasteiger charge is 2.40. The molecule has 0 spiro atoms. The third-order valence-electron chi connectivity index (χ3n) is 4.25. The van der Waals surface area contributed by atoms with Crippen molar-refractivity contribution in [3.8, 4) is 5.69 Å². The Hall–Kier alpha value is -3.69. The van der Waals surface area contributed by atoms with Crippen molar-refractivity contribution in [3.63, 3.8) is 0 Å². The zero-order valence-electron chi connectivity index (χ0n) is 15.8. The number of alkyl halides is 3. The number of hydrogen-bond donors (Lipinski definition) is 2. The van der Waals surface area contributed by atoms with Crippen LogP contribution in [-0.2, 0) is 11.0 Å². The summed E-state index contributed by atoms with van der Waals surface area (Å²) in [5.74, 6) is -1.98. The van der Waals surface area contributed by atoms with Crippen LogP contribution in [0.3, 0.4) is 0 Å². The fourth-order valence-corrected chi connectivity index (χ4v) is 2.85. The molecule has 3 rings (SSSR count). The Kier molecular flexibility index (Phi) is 5.59. The summed E-state index contributed by atoms with van der Waals surface area (Å²) in [6, 6.07) is 8.87. The van der Waals surface area contributed by atoms with E-state index < -0.39 is 29.2 Å². The topological polar surface area (TPSA) is 76.0 Å². The van der Waals surface area contributed by atoms with Gasteiger partial charge in [-0.25, -0.2) is 9.07 Å². The molecule has 0 radical (unpaired) electrons. The normalized spacial score (nSPS) is 11.3. The van der Waals surface area contributed by atoms with Crippen LogP contribution in [0.2, 0.25) is 0 Å². The molecule has 30 heavy (non-hydrogen) atoms. The molecular weight excluding hydrogens is 404 g/mol. The van der Waals surface area contributed by atoms with Crippen molar-refractivity contribution in [2.45, 2.75) is 20.0 Å². The van der Waals surface area contributed by atoms with Crippen LogP contribution in [0.4, 0.5) is 28.9 Å². The van der Waals surface area contributed by atoms with Crippen LogP contribution >= 0.6 is 0 Å². The summed E-state index contributed by atoms with van der Waals surface area (Å²) in [7, 11) is 0. The molecule has 0 aliphatic heterocycles. The van der Waals surface area contributed by atoms with Gasteiger partial charge in [0.05, 0.1) is 17.4 Å². The standard InChI is InChI=1S/C20H16F4N4O2/c1-11-16(26-12(2)29)4-3-5-17(11)27-19(30)15-10-25-28(18(15)20(22,23)24)14-8-6-13(21)7-9-14/h3-10H,1-2H3,(H,26,29)(H,27,30). The second-order valence-corrected chi connectivity index (χ2v) is 6.41. The van der Waals surface area contributed by atoms with E-state index in [0.717, 1.165) is 30.5 Å². The predicted molar refractivity (Wildman–Crippen MR) is 102 cm³/mol. The Bertz CT molecular complexity index is 1100. The highest BCUT2D eigenvalue weighted by molar-refractivity contribution is 6.06. The molecule has 0 saturated heterocycles. The van der Waals surface area contributed by atoms with E-state index in [2.05, 4.69) is 15.7 Å². The number of aromatic nitrogens is 2. The smallest absolute Gasteiger partial charge is 0.326 e. The van der Waals surface area contributed by atoms with Crippen LogP contribution in [-0.4, -0.2) is 21.6 Å². The molecule has 2 N–H and O–H groups in total. The van der Waals surface area contributed by atoms with Gasteiger partial charge in [0.15, 0.2) is 5.69 Å². The number of halogens is 4. The van der Waals surface area contributed by atoms with E-state index in [9.17, 15) is 27.2 Å². The SMILES string of the molecule is CC(=O)Nc1cccc(NC(=O)c2cnn(-c3ccc(F)cc3)c2C(F)(F)F)c1C.